The first-order valence-corrected chi connectivity index (χ1v) is 7.99. The maximum Gasteiger partial charge on any atom is 0.417 e. The van der Waals surface area contributed by atoms with E-state index >= 15 is 0 Å². The summed E-state index contributed by atoms with van der Waals surface area (Å²) in [6, 6.07) is 0.305. The molecule has 20 heavy (non-hydrogen) atoms. The Morgan fingerprint density at radius 2 is 2.00 bits per heavy atom. The molecule has 0 aliphatic carbocycles. The van der Waals surface area contributed by atoms with Crippen LogP contribution in [0.2, 0.25) is 5.02 Å². The van der Waals surface area contributed by atoms with Crippen LogP contribution in [-0.4, -0.2) is 38.5 Å². The Morgan fingerprint density at radius 3 is 2.40 bits per heavy atom. The first-order chi connectivity index (χ1) is 8.92. The highest BCUT2D eigenvalue weighted by Gasteiger charge is 2.32. The Hall–Kier alpha value is -1.02. The van der Waals surface area contributed by atoms with Crippen molar-refractivity contribution in [3.05, 3.63) is 22.8 Å². The highest BCUT2D eigenvalue weighted by Crippen LogP contribution is 2.33. The smallest absolute Gasteiger partial charge is 0.355 e. The molecule has 0 aromatic carbocycles. The zero-order valence-corrected chi connectivity index (χ0v) is 12.6. The van der Waals surface area contributed by atoms with Crippen LogP contribution in [0, 0.1) is 0 Å². The van der Waals surface area contributed by atoms with E-state index in [1.54, 1.807) is 6.92 Å². The summed E-state index contributed by atoms with van der Waals surface area (Å²) < 4.78 is 59.9. The Bertz CT molecular complexity index is 590. The summed E-state index contributed by atoms with van der Waals surface area (Å²) in [5.41, 5.74) is -0.949. The lowest BCUT2D eigenvalue weighted by atomic mass is 10.2. The largest absolute Gasteiger partial charge is 0.417 e. The van der Waals surface area contributed by atoms with E-state index in [2.05, 4.69) is 4.98 Å². The first kappa shape index (κ1) is 17.0. The second kappa shape index (κ2) is 5.77. The van der Waals surface area contributed by atoms with Crippen LogP contribution in [0.15, 0.2) is 12.3 Å². The zero-order chi connectivity index (χ0) is 15.7. The van der Waals surface area contributed by atoms with Crippen molar-refractivity contribution in [2.45, 2.75) is 19.1 Å². The van der Waals surface area contributed by atoms with Crippen LogP contribution < -0.4 is 4.90 Å². The van der Waals surface area contributed by atoms with Gasteiger partial charge in [-0.2, -0.15) is 13.2 Å². The van der Waals surface area contributed by atoms with Gasteiger partial charge in [-0.3, -0.25) is 0 Å². The van der Waals surface area contributed by atoms with E-state index in [1.807, 2.05) is 0 Å². The van der Waals surface area contributed by atoms with Gasteiger partial charge in [-0.15, -0.1) is 0 Å². The minimum Gasteiger partial charge on any atom is -0.355 e. The number of hydrogen-bond donors (Lipinski definition) is 0. The standard InChI is InChI=1S/C11H14ClF3N2O2S/c1-7(6-20(3,18)19)17(2)10-9(12)4-8(5-16-10)11(13,14)15/h4-5,7H,6H2,1-3H3. The molecule has 1 atom stereocenters. The third-order valence-electron chi connectivity index (χ3n) is 2.69. The molecule has 9 heteroatoms. The van der Waals surface area contributed by atoms with Crippen LogP contribution in [-0.2, 0) is 16.0 Å². The molecule has 0 bridgehead atoms. The molecule has 1 aromatic rings. The molecule has 0 spiro atoms. The molecule has 0 saturated heterocycles. The number of anilines is 1. The lowest BCUT2D eigenvalue weighted by Gasteiger charge is -2.26. The van der Waals surface area contributed by atoms with Crippen molar-refractivity contribution in [1.29, 1.82) is 0 Å². The van der Waals surface area contributed by atoms with Gasteiger partial charge in [0.15, 0.2) is 0 Å². The van der Waals surface area contributed by atoms with Crippen LogP contribution in [0.1, 0.15) is 12.5 Å². The second-order valence-corrected chi connectivity index (χ2v) is 7.17. The molecule has 114 valence electrons. The summed E-state index contributed by atoms with van der Waals surface area (Å²) in [7, 11) is -1.69. The maximum atomic E-state index is 12.5. The molecule has 1 heterocycles. The van der Waals surface area contributed by atoms with Gasteiger partial charge in [-0.1, -0.05) is 11.6 Å². The van der Waals surface area contributed by atoms with Gasteiger partial charge in [0.25, 0.3) is 0 Å². The SMILES string of the molecule is CC(CS(C)(=O)=O)N(C)c1ncc(C(F)(F)F)cc1Cl. The lowest BCUT2D eigenvalue weighted by molar-refractivity contribution is -0.137. The monoisotopic (exact) mass is 330 g/mol. The number of hydrogen-bond acceptors (Lipinski definition) is 4. The molecule has 0 fully saturated rings. The number of alkyl halides is 3. The van der Waals surface area contributed by atoms with Crippen molar-refractivity contribution >= 4 is 27.3 Å². The lowest BCUT2D eigenvalue weighted by Crippen LogP contribution is -2.35. The fraction of sp³-hybridized carbons (Fsp3) is 0.545. The maximum absolute atomic E-state index is 12.5. The van der Waals surface area contributed by atoms with Gasteiger partial charge >= 0.3 is 6.18 Å². The first-order valence-electron chi connectivity index (χ1n) is 5.55. The van der Waals surface area contributed by atoms with Crippen molar-refractivity contribution in [2.75, 3.05) is 24.0 Å². The zero-order valence-electron chi connectivity index (χ0n) is 11.1. The van der Waals surface area contributed by atoms with Crippen molar-refractivity contribution in [1.82, 2.24) is 4.98 Å². The fourth-order valence-corrected chi connectivity index (χ4v) is 3.00. The quantitative estimate of drug-likeness (QED) is 0.851. The van der Waals surface area contributed by atoms with Crippen molar-refractivity contribution in [3.63, 3.8) is 0 Å². The van der Waals surface area contributed by atoms with Gasteiger partial charge in [-0.05, 0) is 13.0 Å². The van der Waals surface area contributed by atoms with E-state index < -0.39 is 27.6 Å². The van der Waals surface area contributed by atoms with E-state index in [1.165, 1.54) is 11.9 Å². The van der Waals surface area contributed by atoms with Gasteiger partial charge in [-0.25, -0.2) is 13.4 Å². The highest BCUT2D eigenvalue weighted by atomic mass is 35.5. The van der Waals surface area contributed by atoms with Gasteiger partial charge in [0.2, 0.25) is 0 Å². The molecule has 0 aliphatic rings. The molecule has 0 aliphatic heterocycles. The van der Waals surface area contributed by atoms with E-state index in [4.69, 9.17) is 11.6 Å². The molecule has 0 radical (unpaired) electrons. The summed E-state index contributed by atoms with van der Waals surface area (Å²) in [6.45, 7) is 1.62. The third-order valence-corrected chi connectivity index (χ3v) is 4.05. The van der Waals surface area contributed by atoms with Crippen LogP contribution in [0.4, 0.5) is 19.0 Å². The van der Waals surface area contributed by atoms with Crippen molar-refractivity contribution < 1.29 is 21.6 Å². The molecule has 1 unspecified atom stereocenters. The molecule has 1 rings (SSSR count). The van der Waals surface area contributed by atoms with Gasteiger partial charge < -0.3 is 4.90 Å². The summed E-state index contributed by atoms with van der Waals surface area (Å²) in [6.07, 6.45) is -2.77. The van der Waals surface area contributed by atoms with Gasteiger partial charge in [0.05, 0.1) is 16.3 Å². The number of aromatic nitrogens is 1. The van der Waals surface area contributed by atoms with E-state index in [9.17, 15) is 21.6 Å². The van der Waals surface area contributed by atoms with Crippen LogP contribution in [0.5, 0.6) is 0 Å². The summed E-state index contributed by atoms with van der Waals surface area (Å²) in [5.74, 6) is -0.0430. The van der Waals surface area contributed by atoms with Crippen LogP contribution in [0.3, 0.4) is 0 Å². The Morgan fingerprint density at radius 1 is 1.45 bits per heavy atom. The normalized spacial score (nSPS) is 14.2. The summed E-state index contributed by atoms with van der Waals surface area (Å²) in [4.78, 5) is 5.11. The van der Waals surface area contributed by atoms with Crippen molar-refractivity contribution in [2.24, 2.45) is 0 Å². The predicted molar refractivity (Wildman–Crippen MR) is 71.8 cm³/mol. The Labute approximate surface area is 120 Å². The Balaban J connectivity index is 3.03. The fourth-order valence-electron chi connectivity index (χ4n) is 1.60. The average molecular weight is 331 g/mol. The van der Waals surface area contributed by atoms with Gasteiger partial charge in [0.1, 0.15) is 15.7 Å². The van der Waals surface area contributed by atoms with E-state index in [-0.39, 0.29) is 16.6 Å². The molecule has 1 aromatic heterocycles. The molecular formula is C11H14ClF3N2O2S. The number of pyridine rings is 1. The molecular weight excluding hydrogens is 317 g/mol. The minimum absolute atomic E-state index is 0.107. The number of halogens is 4. The number of rotatable bonds is 4. The number of nitrogens with zero attached hydrogens (tertiary/aromatic N) is 2. The third kappa shape index (κ3) is 4.52. The predicted octanol–water partition coefficient (Wildman–Crippen LogP) is 2.62. The number of sulfone groups is 1. The molecule has 0 saturated carbocycles. The van der Waals surface area contributed by atoms with Crippen molar-refractivity contribution in [3.8, 4) is 0 Å². The molecule has 0 amide bonds. The Kier molecular flexibility index (Phi) is 4.91. The average Bonchev–Trinajstić information content (AvgIpc) is 2.24. The highest BCUT2D eigenvalue weighted by molar-refractivity contribution is 7.90. The second-order valence-electron chi connectivity index (χ2n) is 4.58. The molecule has 4 nitrogen and oxygen atoms in total. The van der Waals surface area contributed by atoms with Crippen LogP contribution >= 0.6 is 11.6 Å². The van der Waals surface area contributed by atoms with E-state index in [0.717, 1.165) is 12.3 Å². The summed E-state index contributed by atoms with van der Waals surface area (Å²) >= 11 is 5.79. The van der Waals surface area contributed by atoms with E-state index in [0.29, 0.717) is 6.20 Å². The van der Waals surface area contributed by atoms with Crippen LogP contribution in [0.25, 0.3) is 0 Å². The van der Waals surface area contributed by atoms with Gasteiger partial charge in [0, 0.05) is 25.5 Å². The topological polar surface area (TPSA) is 50.3 Å². The molecule has 0 N–H and O–H groups in total. The summed E-state index contributed by atoms with van der Waals surface area (Å²) in [5, 5.41) is -0.178. The minimum atomic E-state index is -4.52.